The third kappa shape index (κ3) is 5.98. The average Bonchev–Trinajstić information content (AvgIpc) is 3.39. The van der Waals surface area contributed by atoms with Gasteiger partial charge in [-0.25, -0.2) is 4.68 Å². The number of rotatable bonds is 10. The Balaban J connectivity index is 1.69. The van der Waals surface area contributed by atoms with Crippen LogP contribution in [0.2, 0.25) is 0 Å². The fourth-order valence-electron chi connectivity index (χ4n) is 3.61. The maximum Gasteiger partial charge on any atom is 0.303 e. The number of carboxylic acid groups (broad SMARTS) is 1. The van der Waals surface area contributed by atoms with Crippen molar-refractivity contribution in [2.75, 3.05) is 13.2 Å². The lowest BCUT2D eigenvalue weighted by Gasteiger charge is -2.13. The number of para-hydroxylation sites is 1. The molecule has 2 heterocycles. The number of amides is 1. The zero-order valence-electron chi connectivity index (χ0n) is 19.2. The van der Waals surface area contributed by atoms with Gasteiger partial charge in [0.1, 0.15) is 15.8 Å². The van der Waals surface area contributed by atoms with Crippen molar-refractivity contribution in [1.29, 1.82) is 0 Å². The zero-order chi connectivity index (χ0) is 24.8. The third-order valence-electron chi connectivity index (χ3n) is 5.28. The first-order valence-electron chi connectivity index (χ1n) is 11.3. The SMILES string of the molecule is CCCOc1cccc(-c2nn(-c3ccccc3)cc2C=C2SC(=S)N(CCCC(=O)O)C2=O)c1. The highest BCUT2D eigenvalue weighted by Crippen LogP contribution is 2.35. The summed E-state index contributed by atoms with van der Waals surface area (Å²) in [5, 5.41) is 13.7. The highest BCUT2D eigenvalue weighted by atomic mass is 32.2. The number of nitrogens with zero attached hydrogens (tertiary/aromatic N) is 3. The van der Waals surface area contributed by atoms with Gasteiger partial charge >= 0.3 is 5.97 Å². The van der Waals surface area contributed by atoms with E-state index in [-0.39, 0.29) is 18.9 Å². The summed E-state index contributed by atoms with van der Waals surface area (Å²) < 4.78 is 8.02. The normalized spacial score (nSPS) is 14.7. The number of carboxylic acids is 1. The molecule has 3 aromatic rings. The van der Waals surface area contributed by atoms with Gasteiger partial charge in [-0.15, -0.1) is 0 Å². The summed E-state index contributed by atoms with van der Waals surface area (Å²) in [6.45, 7) is 2.96. The second kappa shape index (κ2) is 11.3. The first kappa shape index (κ1) is 24.7. The largest absolute Gasteiger partial charge is 0.494 e. The summed E-state index contributed by atoms with van der Waals surface area (Å²) in [6, 6.07) is 17.5. The number of hydrogen-bond donors (Lipinski definition) is 1. The van der Waals surface area contributed by atoms with E-state index in [9.17, 15) is 9.59 Å². The van der Waals surface area contributed by atoms with E-state index in [1.54, 1.807) is 10.8 Å². The highest BCUT2D eigenvalue weighted by Gasteiger charge is 2.32. The Hall–Kier alpha value is -3.43. The number of hydrogen-bond acceptors (Lipinski definition) is 6. The predicted octanol–water partition coefficient (Wildman–Crippen LogP) is 5.39. The van der Waals surface area contributed by atoms with E-state index < -0.39 is 5.97 Å². The molecule has 1 aromatic heterocycles. The molecule has 0 saturated carbocycles. The van der Waals surface area contributed by atoms with Gasteiger partial charge in [-0.3, -0.25) is 14.5 Å². The molecule has 9 heteroatoms. The smallest absolute Gasteiger partial charge is 0.303 e. The zero-order valence-corrected chi connectivity index (χ0v) is 20.8. The number of aliphatic carboxylic acids is 1. The van der Waals surface area contributed by atoms with Gasteiger partial charge in [0, 0.05) is 30.3 Å². The van der Waals surface area contributed by atoms with E-state index in [0.717, 1.165) is 29.0 Å². The number of thiocarbonyl (C=S) groups is 1. The second-order valence-electron chi connectivity index (χ2n) is 7.92. The topological polar surface area (TPSA) is 84.7 Å². The van der Waals surface area contributed by atoms with Gasteiger partial charge in [-0.1, -0.05) is 61.2 Å². The van der Waals surface area contributed by atoms with Crippen LogP contribution in [0.15, 0.2) is 65.7 Å². The number of benzene rings is 2. The fourth-order valence-corrected chi connectivity index (χ4v) is 4.91. The lowest BCUT2D eigenvalue weighted by Crippen LogP contribution is -2.29. The molecule has 1 amide bonds. The van der Waals surface area contributed by atoms with E-state index in [1.807, 2.05) is 60.8 Å². The van der Waals surface area contributed by atoms with Crippen molar-refractivity contribution in [2.24, 2.45) is 0 Å². The minimum absolute atomic E-state index is 0.0133. The Morgan fingerprint density at radius 3 is 2.74 bits per heavy atom. The van der Waals surface area contributed by atoms with Crippen molar-refractivity contribution in [3.63, 3.8) is 0 Å². The molecule has 1 aliphatic rings. The first-order chi connectivity index (χ1) is 17.0. The number of carbonyl (C=O) groups excluding carboxylic acids is 1. The molecule has 2 aromatic carbocycles. The van der Waals surface area contributed by atoms with Crippen LogP contribution in [0.3, 0.4) is 0 Å². The maximum absolute atomic E-state index is 13.0. The molecule has 1 N–H and O–H groups in total. The molecule has 1 fully saturated rings. The third-order valence-corrected chi connectivity index (χ3v) is 6.65. The summed E-state index contributed by atoms with van der Waals surface area (Å²) in [7, 11) is 0. The van der Waals surface area contributed by atoms with Crippen LogP contribution in [0.25, 0.3) is 23.0 Å². The molecule has 7 nitrogen and oxygen atoms in total. The quantitative estimate of drug-likeness (QED) is 0.291. The fraction of sp³-hybridized carbons (Fsp3) is 0.231. The second-order valence-corrected chi connectivity index (χ2v) is 9.60. The van der Waals surface area contributed by atoms with Crippen molar-refractivity contribution >= 4 is 46.3 Å². The first-order valence-corrected chi connectivity index (χ1v) is 12.5. The van der Waals surface area contributed by atoms with Crippen LogP contribution < -0.4 is 4.74 Å². The Bertz CT molecular complexity index is 1270. The Morgan fingerprint density at radius 2 is 2.00 bits per heavy atom. The standard InChI is InChI=1S/C26H25N3O4S2/c1-2-14-33-21-11-6-8-18(15-21)24-19(17-29(27-24)20-9-4-3-5-10-20)16-22-25(32)28(26(34)35-22)13-7-12-23(30)31/h3-6,8-11,15-17H,2,7,12-14H2,1H3,(H,30,31). The van der Waals surface area contributed by atoms with Gasteiger partial charge in [-0.05, 0) is 43.2 Å². The molecule has 4 rings (SSSR count). The lowest BCUT2D eigenvalue weighted by molar-refractivity contribution is -0.137. The molecule has 0 spiro atoms. The Labute approximate surface area is 213 Å². The van der Waals surface area contributed by atoms with E-state index in [2.05, 4.69) is 6.92 Å². The molecule has 1 aliphatic heterocycles. The predicted molar refractivity (Wildman–Crippen MR) is 142 cm³/mol. The lowest BCUT2D eigenvalue weighted by atomic mass is 10.1. The molecule has 1 saturated heterocycles. The number of carbonyl (C=O) groups is 2. The van der Waals surface area contributed by atoms with E-state index >= 15 is 0 Å². The Morgan fingerprint density at radius 1 is 1.20 bits per heavy atom. The van der Waals surface area contributed by atoms with Crippen LogP contribution in [0.4, 0.5) is 0 Å². The van der Waals surface area contributed by atoms with Gasteiger partial charge in [-0.2, -0.15) is 5.10 Å². The maximum atomic E-state index is 13.0. The molecular formula is C26H25N3O4S2. The molecule has 0 radical (unpaired) electrons. The molecule has 0 aliphatic carbocycles. The average molecular weight is 508 g/mol. The summed E-state index contributed by atoms with van der Waals surface area (Å²) in [6.07, 6.45) is 4.93. The molecule has 0 atom stereocenters. The van der Waals surface area contributed by atoms with E-state index in [0.29, 0.717) is 27.9 Å². The van der Waals surface area contributed by atoms with Gasteiger partial charge < -0.3 is 9.84 Å². The molecular weight excluding hydrogens is 482 g/mol. The molecule has 0 bridgehead atoms. The van der Waals surface area contributed by atoms with Crippen LogP contribution >= 0.6 is 24.0 Å². The number of aromatic nitrogens is 2. The summed E-state index contributed by atoms with van der Waals surface area (Å²) in [4.78, 5) is 25.8. The summed E-state index contributed by atoms with van der Waals surface area (Å²) in [5.74, 6) is -0.354. The molecule has 0 unspecified atom stereocenters. The Kier molecular flexibility index (Phi) is 7.99. The van der Waals surface area contributed by atoms with Gasteiger partial charge in [0.05, 0.1) is 17.2 Å². The van der Waals surface area contributed by atoms with Crippen LogP contribution in [0, 0.1) is 0 Å². The summed E-state index contributed by atoms with van der Waals surface area (Å²) >= 11 is 6.62. The van der Waals surface area contributed by atoms with Gasteiger partial charge in [0.2, 0.25) is 0 Å². The minimum atomic E-state index is -0.894. The monoisotopic (exact) mass is 507 g/mol. The number of ether oxygens (including phenoxy) is 1. The van der Waals surface area contributed by atoms with Gasteiger partial charge in [0.15, 0.2) is 0 Å². The van der Waals surface area contributed by atoms with Gasteiger partial charge in [0.25, 0.3) is 5.91 Å². The van der Waals surface area contributed by atoms with Crippen molar-refractivity contribution in [3.05, 3.63) is 71.3 Å². The van der Waals surface area contributed by atoms with Crippen molar-refractivity contribution in [1.82, 2.24) is 14.7 Å². The number of thioether (sulfide) groups is 1. The van der Waals surface area contributed by atoms with E-state index in [1.165, 1.54) is 16.7 Å². The van der Waals surface area contributed by atoms with Crippen molar-refractivity contribution in [2.45, 2.75) is 26.2 Å². The van der Waals surface area contributed by atoms with Crippen LogP contribution in [-0.4, -0.2) is 49.1 Å². The minimum Gasteiger partial charge on any atom is -0.494 e. The van der Waals surface area contributed by atoms with Crippen molar-refractivity contribution < 1.29 is 19.4 Å². The van der Waals surface area contributed by atoms with Crippen LogP contribution in [-0.2, 0) is 9.59 Å². The van der Waals surface area contributed by atoms with Crippen LogP contribution in [0.5, 0.6) is 5.75 Å². The summed E-state index contributed by atoms with van der Waals surface area (Å²) in [5.41, 5.74) is 3.25. The van der Waals surface area contributed by atoms with Crippen LogP contribution in [0.1, 0.15) is 31.7 Å². The van der Waals surface area contributed by atoms with E-state index in [4.69, 9.17) is 27.2 Å². The molecule has 35 heavy (non-hydrogen) atoms. The highest BCUT2D eigenvalue weighted by molar-refractivity contribution is 8.26. The van der Waals surface area contributed by atoms with Crippen molar-refractivity contribution in [3.8, 4) is 22.7 Å². The molecule has 180 valence electrons.